The second kappa shape index (κ2) is 6.60. The lowest BCUT2D eigenvalue weighted by molar-refractivity contribution is 0.0915. The van der Waals surface area contributed by atoms with Gasteiger partial charge in [-0.25, -0.2) is 0 Å². The summed E-state index contributed by atoms with van der Waals surface area (Å²) in [5.74, 6) is 0. The van der Waals surface area contributed by atoms with Crippen molar-refractivity contribution < 1.29 is 10.2 Å². The van der Waals surface area contributed by atoms with E-state index in [1.807, 2.05) is 17.8 Å². The van der Waals surface area contributed by atoms with Crippen LogP contribution >= 0.6 is 11.6 Å². The van der Waals surface area contributed by atoms with Crippen molar-refractivity contribution >= 4 is 11.6 Å². The van der Waals surface area contributed by atoms with Gasteiger partial charge in [-0.1, -0.05) is 18.5 Å². The van der Waals surface area contributed by atoms with E-state index in [9.17, 15) is 5.11 Å². The Balaban J connectivity index is 1.76. The minimum absolute atomic E-state index is 0.314. The summed E-state index contributed by atoms with van der Waals surface area (Å²) in [6, 6.07) is 1.86. The van der Waals surface area contributed by atoms with Gasteiger partial charge in [0.25, 0.3) is 0 Å². The predicted molar refractivity (Wildman–Crippen MR) is 86.0 cm³/mol. The summed E-state index contributed by atoms with van der Waals surface area (Å²) in [7, 11) is 1.86. The van der Waals surface area contributed by atoms with Gasteiger partial charge in [0, 0.05) is 32.2 Å². The third-order valence-corrected chi connectivity index (χ3v) is 4.75. The molecule has 8 heteroatoms. The molecule has 0 bridgehead atoms. The quantitative estimate of drug-likeness (QED) is 0.845. The Hall–Kier alpha value is -1.41. The van der Waals surface area contributed by atoms with Crippen LogP contribution < -0.4 is 0 Å². The van der Waals surface area contributed by atoms with Crippen LogP contribution in [0.15, 0.2) is 6.07 Å². The first-order valence-electron chi connectivity index (χ1n) is 7.81. The van der Waals surface area contributed by atoms with Crippen molar-refractivity contribution in [2.75, 3.05) is 13.2 Å². The van der Waals surface area contributed by atoms with E-state index in [1.165, 1.54) is 0 Å². The molecule has 1 atom stereocenters. The number of halogens is 1. The van der Waals surface area contributed by atoms with E-state index in [4.69, 9.17) is 16.7 Å². The Kier molecular flexibility index (Phi) is 4.72. The highest BCUT2D eigenvalue weighted by Gasteiger charge is 2.23. The SMILES string of the molecule is CCc1nn(C)c(Cl)c1CN1CCn2nc(C(O)CO)cc2C1. The molecule has 2 aromatic rings. The fourth-order valence-corrected chi connectivity index (χ4v) is 3.20. The van der Waals surface area contributed by atoms with Gasteiger partial charge in [0.15, 0.2) is 0 Å². The highest BCUT2D eigenvalue weighted by Crippen LogP contribution is 2.24. The van der Waals surface area contributed by atoms with E-state index in [-0.39, 0.29) is 6.61 Å². The van der Waals surface area contributed by atoms with Crippen LogP contribution in [0.2, 0.25) is 5.15 Å². The molecular weight excluding hydrogens is 318 g/mol. The third kappa shape index (κ3) is 3.14. The fraction of sp³-hybridized carbons (Fsp3) is 0.600. The number of aryl methyl sites for hydroxylation is 2. The Bertz CT molecular complexity index is 696. The molecule has 1 aliphatic heterocycles. The molecule has 1 unspecified atom stereocenters. The van der Waals surface area contributed by atoms with Crippen LogP contribution in [0.5, 0.6) is 0 Å². The summed E-state index contributed by atoms with van der Waals surface area (Å²) in [4.78, 5) is 2.30. The van der Waals surface area contributed by atoms with Gasteiger partial charge < -0.3 is 10.2 Å². The average Bonchev–Trinajstić information content (AvgIpc) is 3.09. The molecule has 1 aliphatic rings. The second-order valence-electron chi connectivity index (χ2n) is 5.89. The van der Waals surface area contributed by atoms with Crippen molar-refractivity contribution in [3.05, 3.63) is 33.9 Å². The van der Waals surface area contributed by atoms with Crippen molar-refractivity contribution in [1.29, 1.82) is 0 Å². The van der Waals surface area contributed by atoms with Gasteiger partial charge in [0.2, 0.25) is 0 Å². The Labute approximate surface area is 140 Å². The second-order valence-corrected chi connectivity index (χ2v) is 6.24. The molecule has 126 valence electrons. The predicted octanol–water partition coefficient (Wildman–Crippen LogP) is 0.874. The van der Waals surface area contributed by atoms with Gasteiger partial charge in [-0.05, 0) is 12.5 Å². The molecule has 7 nitrogen and oxygen atoms in total. The van der Waals surface area contributed by atoms with Crippen LogP contribution in [0, 0.1) is 0 Å². The molecule has 2 N–H and O–H groups in total. The van der Waals surface area contributed by atoms with Gasteiger partial charge in [-0.15, -0.1) is 0 Å². The zero-order chi connectivity index (χ0) is 16.6. The number of aromatic nitrogens is 4. The monoisotopic (exact) mass is 339 g/mol. The minimum Gasteiger partial charge on any atom is -0.393 e. The Morgan fingerprint density at radius 1 is 1.35 bits per heavy atom. The van der Waals surface area contributed by atoms with Gasteiger partial charge >= 0.3 is 0 Å². The lowest BCUT2D eigenvalue weighted by Crippen LogP contribution is -2.33. The zero-order valence-corrected chi connectivity index (χ0v) is 14.2. The van der Waals surface area contributed by atoms with Crippen molar-refractivity contribution in [1.82, 2.24) is 24.5 Å². The van der Waals surface area contributed by atoms with Gasteiger partial charge in [0.1, 0.15) is 11.3 Å². The fourth-order valence-electron chi connectivity index (χ4n) is 3.00. The van der Waals surface area contributed by atoms with E-state index in [0.29, 0.717) is 10.8 Å². The molecule has 3 rings (SSSR count). The molecular formula is C15H22ClN5O2. The number of hydrogen-bond donors (Lipinski definition) is 2. The number of aliphatic hydroxyl groups excluding tert-OH is 2. The highest BCUT2D eigenvalue weighted by molar-refractivity contribution is 6.30. The van der Waals surface area contributed by atoms with Crippen LogP contribution in [0.1, 0.15) is 35.7 Å². The molecule has 0 spiro atoms. The van der Waals surface area contributed by atoms with Crippen LogP contribution in [0.4, 0.5) is 0 Å². The third-order valence-electron chi connectivity index (χ3n) is 4.28. The van der Waals surface area contributed by atoms with Crippen molar-refractivity contribution in [3.63, 3.8) is 0 Å². The molecule has 0 saturated heterocycles. The Morgan fingerprint density at radius 2 is 2.13 bits per heavy atom. The van der Waals surface area contributed by atoms with E-state index in [0.717, 1.165) is 49.6 Å². The molecule has 0 saturated carbocycles. The number of rotatable bonds is 5. The topological polar surface area (TPSA) is 79.3 Å². The molecule has 0 fully saturated rings. The average molecular weight is 340 g/mol. The van der Waals surface area contributed by atoms with E-state index in [2.05, 4.69) is 22.0 Å². The maximum atomic E-state index is 9.72. The first-order valence-corrected chi connectivity index (χ1v) is 8.19. The number of nitrogens with zero attached hydrogens (tertiary/aromatic N) is 5. The van der Waals surface area contributed by atoms with Gasteiger partial charge in [-0.3, -0.25) is 14.3 Å². The number of hydrogen-bond acceptors (Lipinski definition) is 5. The molecule has 0 radical (unpaired) electrons. The molecule has 2 aromatic heterocycles. The normalized spacial score (nSPS) is 16.6. The summed E-state index contributed by atoms with van der Waals surface area (Å²) in [6.45, 7) is 4.87. The molecule has 23 heavy (non-hydrogen) atoms. The molecule has 0 aromatic carbocycles. The summed E-state index contributed by atoms with van der Waals surface area (Å²) < 4.78 is 3.62. The largest absolute Gasteiger partial charge is 0.393 e. The van der Waals surface area contributed by atoms with Crippen molar-refractivity contribution in [2.45, 2.75) is 39.1 Å². The van der Waals surface area contributed by atoms with Crippen LogP contribution in [0.25, 0.3) is 0 Å². The number of fused-ring (bicyclic) bond motifs is 1. The highest BCUT2D eigenvalue weighted by atomic mass is 35.5. The zero-order valence-electron chi connectivity index (χ0n) is 13.4. The van der Waals surface area contributed by atoms with Crippen LogP contribution in [-0.4, -0.2) is 47.8 Å². The summed E-state index contributed by atoms with van der Waals surface area (Å²) >= 11 is 6.37. The van der Waals surface area contributed by atoms with E-state index in [1.54, 1.807) is 4.68 Å². The first kappa shape index (κ1) is 16.4. The van der Waals surface area contributed by atoms with Gasteiger partial charge in [-0.2, -0.15) is 10.2 Å². The van der Waals surface area contributed by atoms with E-state index < -0.39 is 6.10 Å². The summed E-state index contributed by atoms with van der Waals surface area (Å²) in [6.07, 6.45) is -0.0601. The lowest BCUT2D eigenvalue weighted by atomic mass is 10.1. The maximum Gasteiger partial charge on any atom is 0.131 e. The van der Waals surface area contributed by atoms with Crippen molar-refractivity contribution in [2.24, 2.45) is 7.05 Å². The van der Waals surface area contributed by atoms with Crippen molar-refractivity contribution in [3.8, 4) is 0 Å². The van der Waals surface area contributed by atoms with E-state index >= 15 is 0 Å². The molecule has 3 heterocycles. The summed E-state index contributed by atoms with van der Waals surface area (Å²) in [5, 5.41) is 28.3. The lowest BCUT2D eigenvalue weighted by Gasteiger charge is -2.27. The minimum atomic E-state index is -0.916. The van der Waals surface area contributed by atoms with Gasteiger partial charge in [0.05, 0.1) is 30.2 Å². The molecule has 0 aliphatic carbocycles. The Morgan fingerprint density at radius 3 is 2.83 bits per heavy atom. The molecule has 0 amide bonds. The summed E-state index contributed by atoms with van der Waals surface area (Å²) in [5.41, 5.74) is 3.68. The van der Waals surface area contributed by atoms with Crippen LogP contribution in [-0.2, 0) is 33.1 Å². The first-order chi connectivity index (χ1) is 11.0. The smallest absolute Gasteiger partial charge is 0.131 e. The van der Waals surface area contributed by atoms with Crippen LogP contribution in [0.3, 0.4) is 0 Å². The standard InChI is InChI=1S/C15H22ClN5O2/c1-3-12-11(15(16)19(2)17-12)8-20-4-5-21-10(7-20)6-13(18-21)14(23)9-22/h6,14,22-23H,3-5,7-9H2,1-2H3. The maximum absolute atomic E-state index is 9.72. The number of aliphatic hydroxyl groups is 2.